The molecule has 0 heterocycles. The molecule has 11 heteroatoms. The zero-order valence-corrected chi connectivity index (χ0v) is 27.5. The van der Waals surface area contributed by atoms with Crippen LogP contribution in [-0.4, -0.2) is 68.3 Å². The fourth-order valence-electron chi connectivity index (χ4n) is 4.89. The minimum atomic E-state index is -3.01. The van der Waals surface area contributed by atoms with E-state index in [9.17, 15) is 44.4 Å². The molecular weight excluding hydrogens is 594 g/mol. The van der Waals surface area contributed by atoms with Crippen LogP contribution in [0, 0.1) is 11.8 Å². The predicted octanol–water partition coefficient (Wildman–Crippen LogP) is 5.57. The molecule has 0 aromatic heterocycles. The van der Waals surface area contributed by atoms with Crippen LogP contribution >= 0.6 is 0 Å². The molecule has 1 aromatic carbocycles. The van der Waals surface area contributed by atoms with E-state index in [4.69, 9.17) is 4.74 Å². The standard InChI is InChI=1S/C35H53NO10/c1-4-5-6-11-14-27(37)15-12-9-7-8-10-13-16-29(35(45,34(43)44)24-31(38)39)32(40)36-30(33(41)42)23-26-17-19-28(20-18-26)46-22-21-25(2)3/h13,16-20,25,29-30,45H,4-12,14-15,21-24H2,1-3H3,(H,36,40)(H,38,39)(H,41,42)(H,43,44)/b16-13+/t29-,30+,35?/m1/s1. The minimum Gasteiger partial charge on any atom is -0.494 e. The van der Waals surface area contributed by atoms with Crippen LogP contribution in [0.4, 0.5) is 0 Å². The molecule has 0 spiro atoms. The summed E-state index contributed by atoms with van der Waals surface area (Å²) in [4.78, 5) is 60.8. The number of carboxylic acid groups (broad SMARTS) is 3. The fourth-order valence-corrected chi connectivity index (χ4v) is 4.89. The van der Waals surface area contributed by atoms with Crippen molar-refractivity contribution in [3.63, 3.8) is 0 Å². The van der Waals surface area contributed by atoms with E-state index in [1.165, 1.54) is 6.08 Å². The molecule has 0 aliphatic heterocycles. The van der Waals surface area contributed by atoms with Gasteiger partial charge < -0.3 is 30.5 Å². The van der Waals surface area contributed by atoms with Gasteiger partial charge in [0.2, 0.25) is 5.91 Å². The van der Waals surface area contributed by atoms with E-state index in [0.717, 1.165) is 57.4 Å². The molecule has 3 atom stereocenters. The molecule has 0 bridgehead atoms. The van der Waals surface area contributed by atoms with Gasteiger partial charge in [-0.1, -0.05) is 77.2 Å². The number of carboxylic acids is 3. The van der Waals surface area contributed by atoms with E-state index in [1.54, 1.807) is 24.3 Å². The maximum absolute atomic E-state index is 13.3. The first-order chi connectivity index (χ1) is 21.8. The first-order valence-electron chi connectivity index (χ1n) is 16.4. The molecule has 11 nitrogen and oxygen atoms in total. The van der Waals surface area contributed by atoms with Crippen molar-refractivity contribution in [2.75, 3.05) is 6.61 Å². The number of unbranched alkanes of at least 4 members (excludes halogenated alkanes) is 7. The molecule has 0 aliphatic carbocycles. The van der Waals surface area contributed by atoms with E-state index in [-0.39, 0.29) is 12.2 Å². The molecule has 1 aromatic rings. The number of rotatable bonds is 26. The Hall–Kier alpha value is -3.73. The van der Waals surface area contributed by atoms with Crippen molar-refractivity contribution in [1.82, 2.24) is 5.32 Å². The number of carbonyl (C=O) groups excluding carboxylic acids is 2. The van der Waals surface area contributed by atoms with Gasteiger partial charge in [0.05, 0.1) is 18.9 Å². The maximum Gasteiger partial charge on any atom is 0.337 e. The SMILES string of the molecule is CCCCCCC(=O)CCCCCC/C=C/[C@H](C(=O)N[C@@H](Cc1ccc(OCCC(C)C)cc1)C(=O)O)C(O)(CC(=O)O)C(=O)O. The Morgan fingerprint density at radius 3 is 2.04 bits per heavy atom. The Morgan fingerprint density at radius 1 is 0.891 bits per heavy atom. The fraction of sp³-hybridized carbons (Fsp3) is 0.629. The van der Waals surface area contributed by atoms with Gasteiger partial charge in [0.1, 0.15) is 17.6 Å². The number of Topliss-reactive ketones (excluding diaryl/α,β-unsaturated/α-hetero) is 1. The molecule has 1 amide bonds. The molecule has 0 fully saturated rings. The number of ether oxygens (including phenoxy) is 1. The monoisotopic (exact) mass is 647 g/mol. The highest BCUT2D eigenvalue weighted by Crippen LogP contribution is 2.26. The molecular formula is C35H53NO10. The summed E-state index contributed by atoms with van der Waals surface area (Å²) in [6.45, 7) is 6.81. The van der Waals surface area contributed by atoms with Gasteiger partial charge in [-0.15, -0.1) is 0 Å². The zero-order chi connectivity index (χ0) is 34.5. The van der Waals surface area contributed by atoms with Gasteiger partial charge in [-0.2, -0.15) is 0 Å². The van der Waals surface area contributed by atoms with Crippen molar-refractivity contribution >= 4 is 29.6 Å². The van der Waals surface area contributed by atoms with Crippen molar-refractivity contribution in [3.05, 3.63) is 42.0 Å². The Bertz CT molecular complexity index is 1130. The summed E-state index contributed by atoms with van der Waals surface area (Å²) in [7, 11) is 0. The summed E-state index contributed by atoms with van der Waals surface area (Å²) >= 11 is 0. The van der Waals surface area contributed by atoms with E-state index in [1.807, 2.05) is 0 Å². The van der Waals surface area contributed by atoms with Gasteiger partial charge in [0.25, 0.3) is 0 Å². The zero-order valence-electron chi connectivity index (χ0n) is 27.5. The number of nitrogens with one attached hydrogen (secondary N) is 1. The highest BCUT2D eigenvalue weighted by atomic mass is 16.5. The number of aliphatic hydroxyl groups is 1. The summed E-state index contributed by atoms with van der Waals surface area (Å²) in [5.41, 5.74) is -2.45. The predicted molar refractivity (Wildman–Crippen MR) is 174 cm³/mol. The molecule has 0 saturated heterocycles. The van der Waals surface area contributed by atoms with Crippen LogP contribution in [0.15, 0.2) is 36.4 Å². The van der Waals surface area contributed by atoms with E-state index in [0.29, 0.717) is 49.5 Å². The summed E-state index contributed by atoms with van der Waals surface area (Å²) in [5, 5.41) is 42.0. The van der Waals surface area contributed by atoms with Crippen LogP contribution in [-0.2, 0) is 30.4 Å². The second kappa shape index (κ2) is 21.9. The third kappa shape index (κ3) is 16.0. The molecule has 0 saturated carbocycles. The summed E-state index contributed by atoms with van der Waals surface area (Å²) in [6, 6.07) is 5.21. The lowest BCUT2D eigenvalue weighted by molar-refractivity contribution is -0.172. The van der Waals surface area contributed by atoms with Gasteiger partial charge in [-0.25, -0.2) is 9.59 Å². The Morgan fingerprint density at radius 2 is 1.50 bits per heavy atom. The highest BCUT2D eigenvalue weighted by Gasteiger charge is 2.49. The summed E-state index contributed by atoms with van der Waals surface area (Å²) < 4.78 is 5.68. The van der Waals surface area contributed by atoms with Crippen LogP contribution in [0.25, 0.3) is 0 Å². The average Bonchev–Trinajstić information content (AvgIpc) is 2.98. The third-order valence-corrected chi connectivity index (χ3v) is 7.74. The Labute approximate surface area is 272 Å². The summed E-state index contributed by atoms with van der Waals surface area (Å²) in [5.74, 6) is -6.59. The third-order valence-electron chi connectivity index (χ3n) is 7.74. The second-order valence-electron chi connectivity index (χ2n) is 12.3. The van der Waals surface area contributed by atoms with Crippen LogP contribution in [0.5, 0.6) is 5.75 Å². The number of carbonyl (C=O) groups is 5. The maximum atomic E-state index is 13.3. The van der Waals surface area contributed by atoms with E-state index in [2.05, 4.69) is 26.1 Å². The number of allylic oxidation sites excluding steroid dienone is 1. The Kier molecular flexibility index (Phi) is 19.2. The smallest absolute Gasteiger partial charge is 0.337 e. The first kappa shape index (κ1) is 40.3. The van der Waals surface area contributed by atoms with Crippen molar-refractivity contribution in [1.29, 1.82) is 0 Å². The van der Waals surface area contributed by atoms with E-state index < -0.39 is 47.8 Å². The van der Waals surface area contributed by atoms with Crippen molar-refractivity contribution in [3.8, 4) is 5.75 Å². The number of amides is 1. The van der Waals surface area contributed by atoms with E-state index >= 15 is 0 Å². The molecule has 0 aliphatic rings. The summed E-state index contributed by atoms with van der Waals surface area (Å²) in [6.07, 6.45) is 10.9. The first-order valence-corrected chi connectivity index (χ1v) is 16.4. The quantitative estimate of drug-likeness (QED) is 0.0629. The van der Waals surface area contributed by atoms with Crippen molar-refractivity contribution in [2.24, 2.45) is 11.8 Å². The van der Waals surface area contributed by atoms with Crippen LogP contribution < -0.4 is 10.1 Å². The van der Waals surface area contributed by atoms with Crippen molar-refractivity contribution in [2.45, 2.75) is 122 Å². The molecule has 1 unspecified atom stereocenters. The van der Waals surface area contributed by atoms with Gasteiger partial charge in [0, 0.05) is 19.3 Å². The molecule has 0 radical (unpaired) electrons. The van der Waals surface area contributed by atoms with Crippen molar-refractivity contribution < 1.29 is 49.1 Å². The molecule has 46 heavy (non-hydrogen) atoms. The molecule has 5 N–H and O–H groups in total. The van der Waals surface area contributed by atoms with Gasteiger partial charge >= 0.3 is 17.9 Å². The lowest BCUT2D eigenvalue weighted by Crippen LogP contribution is -2.55. The number of hydrogen-bond donors (Lipinski definition) is 5. The highest BCUT2D eigenvalue weighted by molar-refractivity contribution is 5.94. The van der Waals surface area contributed by atoms with Crippen LogP contribution in [0.2, 0.25) is 0 Å². The number of ketones is 1. The molecule has 258 valence electrons. The van der Waals surface area contributed by atoms with Gasteiger partial charge in [-0.05, 0) is 55.7 Å². The van der Waals surface area contributed by atoms with Crippen LogP contribution in [0.3, 0.4) is 0 Å². The largest absolute Gasteiger partial charge is 0.494 e. The minimum absolute atomic E-state index is 0.143. The molecule has 1 rings (SSSR count). The lowest BCUT2D eigenvalue weighted by Gasteiger charge is -2.29. The second-order valence-corrected chi connectivity index (χ2v) is 12.3. The Balaban J connectivity index is 2.86. The topological polar surface area (TPSA) is 188 Å². The average molecular weight is 648 g/mol. The van der Waals surface area contributed by atoms with Gasteiger partial charge in [-0.3, -0.25) is 14.4 Å². The normalized spacial score (nSPS) is 14.0. The van der Waals surface area contributed by atoms with Gasteiger partial charge in [0.15, 0.2) is 5.60 Å². The lowest BCUT2D eigenvalue weighted by atomic mass is 9.82. The number of hydrogen-bond acceptors (Lipinski definition) is 7. The number of aliphatic carboxylic acids is 3. The van der Waals surface area contributed by atoms with Crippen LogP contribution in [0.1, 0.15) is 110 Å². The number of benzene rings is 1.